The fraction of sp³-hybridized carbons (Fsp3) is 0.909. The zero-order valence-corrected chi connectivity index (χ0v) is 10.2. The summed E-state index contributed by atoms with van der Waals surface area (Å²) < 4.78 is 9.89. The molecule has 0 radical (unpaired) electrons. The van der Waals surface area contributed by atoms with E-state index in [1.54, 1.807) is 7.11 Å². The van der Waals surface area contributed by atoms with Gasteiger partial charge in [0, 0.05) is 13.7 Å². The predicted octanol–water partition coefficient (Wildman–Crippen LogP) is 1.33. The van der Waals surface area contributed by atoms with Crippen LogP contribution in [0.1, 0.15) is 33.6 Å². The van der Waals surface area contributed by atoms with Crippen LogP contribution in [0.5, 0.6) is 0 Å². The predicted molar refractivity (Wildman–Crippen MR) is 59.5 cm³/mol. The Morgan fingerprint density at radius 2 is 1.93 bits per heavy atom. The molecule has 15 heavy (non-hydrogen) atoms. The van der Waals surface area contributed by atoms with E-state index in [1.165, 1.54) is 0 Å². The normalized spacial score (nSPS) is 13.7. The van der Waals surface area contributed by atoms with Gasteiger partial charge in [-0.2, -0.15) is 0 Å². The first-order valence-corrected chi connectivity index (χ1v) is 5.28. The zero-order valence-electron chi connectivity index (χ0n) is 10.2. The topological polar surface area (TPSA) is 61.5 Å². The molecule has 0 aliphatic carbocycles. The van der Waals surface area contributed by atoms with E-state index >= 15 is 0 Å². The Morgan fingerprint density at radius 3 is 2.40 bits per heavy atom. The van der Waals surface area contributed by atoms with Crippen LogP contribution in [0.3, 0.4) is 0 Å². The summed E-state index contributed by atoms with van der Waals surface area (Å²) in [5.74, 6) is -0.337. The summed E-state index contributed by atoms with van der Waals surface area (Å²) in [6.07, 6.45) is 1.35. The van der Waals surface area contributed by atoms with Gasteiger partial charge in [0.15, 0.2) is 0 Å². The summed E-state index contributed by atoms with van der Waals surface area (Å²) in [6.45, 7) is 7.22. The molecule has 0 spiro atoms. The van der Waals surface area contributed by atoms with Crippen molar-refractivity contribution in [2.24, 2.45) is 11.1 Å². The Labute approximate surface area is 92.1 Å². The Balaban J connectivity index is 3.64. The van der Waals surface area contributed by atoms with Crippen LogP contribution in [-0.4, -0.2) is 32.3 Å². The Morgan fingerprint density at radius 1 is 1.33 bits per heavy atom. The summed E-state index contributed by atoms with van der Waals surface area (Å²) in [5.41, 5.74) is 5.78. The third kappa shape index (κ3) is 8.39. The summed E-state index contributed by atoms with van der Waals surface area (Å²) in [6, 6.07) is -0.565. The van der Waals surface area contributed by atoms with E-state index in [2.05, 4.69) is 20.8 Å². The molecule has 0 rings (SSSR count). The van der Waals surface area contributed by atoms with Crippen LogP contribution >= 0.6 is 0 Å². The SMILES string of the molecule is COCCC(N)C(=O)OCCC(C)(C)C. The monoisotopic (exact) mass is 217 g/mol. The van der Waals surface area contributed by atoms with Crippen molar-refractivity contribution in [2.75, 3.05) is 20.3 Å². The zero-order chi connectivity index (χ0) is 11.9. The molecule has 0 bridgehead atoms. The Bertz CT molecular complexity index is 187. The van der Waals surface area contributed by atoms with Crippen LogP contribution in [-0.2, 0) is 14.3 Å². The van der Waals surface area contributed by atoms with Crippen LogP contribution in [0, 0.1) is 5.41 Å². The maximum Gasteiger partial charge on any atom is 0.322 e. The first-order valence-electron chi connectivity index (χ1n) is 5.28. The van der Waals surface area contributed by atoms with Gasteiger partial charge in [0.2, 0.25) is 0 Å². The van der Waals surface area contributed by atoms with E-state index < -0.39 is 6.04 Å². The molecule has 2 N–H and O–H groups in total. The quantitative estimate of drug-likeness (QED) is 0.682. The van der Waals surface area contributed by atoms with Crippen molar-refractivity contribution in [3.63, 3.8) is 0 Å². The van der Waals surface area contributed by atoms with Crippen molar-refractivity contribution in [2.45, 2.75) is 39.7 Å². The number of ether oxygens (including phenoxy) is 2. The second-order valence-electron chi connectivity index (χ2n) is 4.87. The van der Waals surface area contributed by atoms with Crippen molar-refractivity contribution in [1.29, 1.82) is 0 Å². The van der Waals surface area contributed by atoms with Crippen LogP contribution in [0.4, 0.5) is 0 Å². The number of esters is 1. The molecule has 0 heterocycles. The third-order valence-electron chi connectivity index (χ3n) is 2.03. The second kappa shape index (κ2) is 6.80. The van der Waals surface area contributed by atoms with Crippen molar-refractivity contribution < 1.29 is 14.3 Å². The van der Waals surface area contributed by atoms with Gasteiger partial charge in [0.25, 0.3) is 0 Å². The molecule has 0 amide bonds. The van der Waals surface area contributed by atoms with E-state index in [0.717, 1.165) is 6.42 Å². The van der Waals surface area contributed by atoms with Crippen LogP contribution < -0.4 is 5.73 Å². The van der Waals surface area contributed by atoms with E-state index in [9.17, 15) is 4.79 Å². The third-order valence-corrected chi connectivity index (χ3v) is 2.03. The summed E-state index contributed by atoms with van der Waals surface area (Å²) >= 11 is 0. The van der Waals surface area contributed by atoms with Crippen molar-refractivity contribution in [3.05, 3.63) is 0 Å². The van der Waals surface area contributed by atoms with Gasteiger partial charge in [0.05, 0.1) is 6.61 Å². The van der Waals surface area contributed by atoms with Crippen molar-refractivity contribution in [3.8, 4) is 0 Å². The minimum Gasteiger partial charge on any atom is -0.465 e. The van der Waals surface area contributed by atoms with Crippen molar-refractivity contribution >= 4 is 5.97 Å². The molecule has 0 aliphatic rings. The van der Waals surface area contributed by atoms with E-state index in [0.29, 0.717) is 19.6 Å². The summed E-state index contributed by atoms with van der Waals surface area (Å²) in [7, 11) is 1.58. The van der Waals surface area contributed by atoms with Gasteiger partial charge >= 0.3 is 5.97 Å². The molecule has 4 nitrogen and oxygen atoms in total. The first-order chi connectivity index (χ1) is 6.87. The van der Waals surface area contributed by atoms with Crippen LogP contribution in [0.15, 0.2) is 0 Å². The fourth-order valence-corrected chi connectivity index (χ4v) is 0.928. The lowest BCUT2D eigenvalue weighted by atomic mass is 9.93. The summed E-state index contributed by atoms with van der Waals surface area (Å²) in [4.78, 5) is 11.3. The molecule has 90 valence electrons. The van der Waals surface area contributed by atoms with E-state index in [-0.39, 0.29) is 11.4 Å². The molecule has 1 unspecified atom stereocenters. The lowest BCUT2D eigenvalue weighted by molar-refractivity contribution is -0.146. The number of nitrogens with two attached hydrogens (primary N) is 1. The Hall–Kier alpha value is -0.610. The maximum absolute atomic E-state index is 11.3. The average molecular weight is 217 g/mol. The van der Waals surface area contributed by atoms with Gasteiger partial charge in [-0.3, -0.25) is 4.79 Å². The van der Waals surface area contributed by atoms with Gasteiger partial charge in [-0.1, -0.05) is 20.8 Å². The van der Waals surface area contributed by atoms with Gasteiger partial charge in [-0.05, 0) is 18.3 Å². The molecular weight excluding hydrogens is 194 g/mol. The molecule has 0 saturated heterocycles. The molecule has 0 aromatic rings. The van der Waals surface area contributed by atoms with Crippen LogP contribution in [0.25, 0.3) is 0 Å². The number of rotatable bonds is 6. The number of hydrogen-bond acceptors (Lipinski definition) is 4. The average Bonchev–Trinajstić information content (AvgIpc) is 2.11. The van der Waals surface area contributed by atoms with E-state index in [4.69, 9.17) is 15.2 Å². The number of carbonyl (C=O) groups is 1. The second-order valence-corrected chi connectivity index (χ2v) is 4.87. The maximum atomic E-state index is 11.3. The van der Waals surface area contributed by atoms with Gasteiger partial charge in [0.1, 0.15) is 6.04 Å². The molecule has 0 aromatic carbocycles. The molecule has 0 aliphatic heterocycles. The van der Waals surface area contributed by atoms with Gasteiger partial charge < -0.3 is 15.2 Å². The molecule has 0 saturated carbocycles. The number of hydrogen-bond donors (Lipinski definition) is 1. The molecule has 0 fully saturated rings. The summed E-state index contributed by atoms with van der Waals surface area (Å²) in [5, 5.41) is 0. The highest BCUT2D eigenvalue weighted by molar-refractivity contribution is 5.75. The highest BCUT2D eigenvalue weighted by Gasteiger charge is 2.16. The molecule has 1 atom stereocenters. The standard InChI is InChI=1S/C11H23NO3/c1-11(2,3)6-8-15-10(13)9(12)5-7-14-4/h9H,5-8,12H2,1-4H3. The number of methoxy groups -OCH3 is 1. The lowest BCUT2D eigenvalue weighted by Crippen LogP contribution is -2.33. The van der Waals surface area contributed by atoms with Gasteiger partial charge in [-0.25, -0.2) is 0 Å². The minimum absolute atomic E-state index is 0.177. The van der Waals surface area contributed by atoms with E-state index in [1.807, 2.05) is 0 Å². The lowest BCUT2D eigenvalue weighted by Gasteiger charge is -2.18. The largest absolute Gasteiger partial charge is 0.465 e. The minimum atomic E-state index is -0.565. The first kappa shape index (κ1) is 14.4. The number of carbonyl (C=O) groups excluding carboxylic acids is 1. The Kier molecular flexibility index (Phi) is 6.52. The molecule has 4 heteroatoms. The highest BCUT2D eigenvalue weighted by Crippen LogP contribution is 2.17. The fourth-order valence-electron chi connectivity index (χ4n) is 0.928. The molecular formula is C11H23NO3. The van der Waals surface area contributed by atoms with Gasteiger partial charge in [-0.15, -0.1) is 0 Å². The van der Waals surface area contributed by atoms with Crippen LogP contribution in [0.2, 0.25) is 0 Å². The van der Waals surface area contributed by atoms with Crippen molar-refractivity contribution in [1.82, 2.24) is 0 Å². The smallest absolute Gasteiger partial charge is 0.322 e. The molecule has 0 aromatic heterocycles. The highest BCUT2D eigenvalue weighted by atomic mass is 16.5.